The molecule has 0 bridgehead atoms. The number of hydrogen-bond donors (Lipinski definition) is 0. The lowest BCUT2D eigenvalue weighted by Gasteiger charge is -2.01. The van der Waals surface area contributed by atoms with Gasteiger partial charge in [-0.3, -0.25) is 4.79 Å². The van der Waals surface area contributed by atoms with Gasteiger partial charge in [-0.05, 0) is 13.8 Å². The molecule has 0 N–H and O–H groups in total. The van der Waals surface area contributed by atoms with E-state index in [1.165, 1.54) is 7.11 Å². The molecule has 0 aliphatic rings. The van der Waals surface area contributed by atoms with Crippen LogP contribution in [0, 0.1) is 13.8 Å². The van der Waals surface area contributed by atoms with Crippen LogP contribution in [-0.4, -0.2) is 22.6 Å². The second-order valence-electron chi connectivity index (χ2n) is 2.63. The van der Waals surface area contributed by atoms with E-state index in [1.807, 2.05) is 20.0 Å². The standard InChI is InChI=1S/C8H12N2O2/c1-6-4-10(7(2)9-6)5-8(11)12-3/h4H,5H2,1-3H3. The van der Waals surface area contributed by atoms with E-state index in [0.717, 1.165) is 11.5 Å². The molecule has 0 unspecified atom stereocenters. The Hall–Kier alpha value is -1.32. The molecular formula is C8H12N2O2. The maximum Gasteiger partial charge on any atom is 0.325 e. The van der Waals surface area contributed by atoms with E-state index in [0.29, 0.717) is 0 Å². The molecule has 0 aromatic carbocycles. The van der Waals surface area contributed by atoms with Crippen molar-refractivity contribution in [1.82, 2.24) is 9.55 Å². The highest BCUT2D eigenvalue weighted by molar-refractivity contribution is 5.69. The maximum absolute atomic E-state index is 10.9. The minimum atomic E-state index is -0.254. The Morgan fingerprint density at radius 1 is 1.67 bits per heavy atom. The molecule has 1 aromatic heterocycles. The first kappa shape index (κ1) is 8.77. The lowest BCUT2D eigenvalue weighted by atomic mass is 10.5. The van der Waals surface area contributed by atoms with Crippen LogP contribution in [0.1, 0.15) is 11.5 Å². The Balaban J connectivity index is 2.75. The highest BCUT2D eigenvalue weighted by Crippen LogP contribution is 2.00. The average Bonchev–Trinajstić information content (AvgIpc) is 2.30. The quantitative estimate of drug-likeness (QED) is 0.610. The largest absolute Gasteiger partial charge is 0.468 e. The Labute approximate surface area is 71.2 Å². The fourth-order valence-corrected chi connectivity index (χ4v) is 1.03. The highest BCUT2D eigenvalue weighted by atomic mass is 16.5. The van der Waals surface area contributed by atoms with Gasteiger partial charge in [-0.2, -0.15) is 0 Å². The van der Waals surface area contributed by atoms with Crippen LogP contribution in [0.15, 0.2) is 6.20 Å². The fourth-order valence-electron chi connectivity index (χ4n) is 1.03. The summed E-state index contributed by atoms with van der Waals surface area (Å²) in [6.07, 6.45) is 1.83. The van der Waals surface area contributed by atoms with Gasteiger partial charge in [0.15, 0.2) is 0 Å². The molecule has 1 heterocycles. The van der Waals surface area contributed by atoms with Crippen LogP contribution in [0.5, 0.6) is 0 Å². The van der Waals surface area contributed by atoms with Crippen molar-refractivity contribution >= 4 is 5.97 Å². The first-order chi connectivity index (χ1) is 5.63. The minimum Gasteiger partial charge on any atom is -0.468 e. The number of hydrogen-bond acceptors (Lipinski definition) is 3. The first-order valence-electron chi connectivity index (χ1n) is 3.70. The van der Waals surface area contributed by atoms with Gasteiger partial charge in [0, 0.05) is 6.20 Å². The van der Waals surface area contributed by atoms with Crippen LogP contribution in [0.25, 0.3) is 0 Å². The van der Waals surface area contributed by atoms with E-state index in [9.17, 15) is 4.79 Å². The fraction of sp³-hybridized carbons (Fsp3) is 0.500. The third kappa shape index (κ3) is 1.84. The third-order valence-electron chi connectivity index (χ3n) is 1.62. The van der Waals surface area contributed by atoms with Gasteiger partial charge in [0.05, 0.1) is 12.8 Å². The summed E-state index contributed by atoms with van der Waals surface area (Å²) in [7, 11) is 1.38. The lowest BCUT2D eigenvalue weighted by Crippen LogP contribution is -2.11. The molecule has 1 aromatic rings. The predicted molar refractivity (Wildman–Crippen MR) is 43.7 cm³/mol. The summed E-state index contributed by atoms with van der Waals surface area (Å²) >= 11 is 0. The zero-order chi connectivity index (χ0) is 9.14. The van der Waals surface area contributed by atoms with Gasteiger partial charge in [0.25, 0.3) is 0 Å². The molecule has 0 aliphatic heterocycles. The summed E-state index contributed by atoms with van der Waals surface area (Å²) in [5, 5.41) is 0. The topological polar surface area (TPSA) is 44.1 Å². The Morgan fingerprint density at radius 2 is 2.33 bits per heavy atom. The summed E-state index contributed by atoms with van der Waals surface area (Å²) in [4.78, 5) is 15.0. The molecule has 0 saturated carbocycles. The SMILES string of the molecule is COC(=O)Cn1cc(C)nc1C. The molecular weight excluding hydrogens is 156 g/mol. The van der Waals surface area contributed by atoms with E-state index < -0.39 is 0 Å². The maximum atomic E-state index is 10.9. The van der Waals surface area contributed by atoms with Crippen LogP contribution >= 0.6 is 0 Å². The number of imidazole rings is 1. The van der Waals surface area contributed by atoms with E-state index in [2.05, 4.69) is 9.72 Å². The Bertz CT molecular complexity index is 291. The molecule has 4 nitrogen and oxygen atoms in total. The van der Waals surface area contributed by atoms with Crippen molar-refractivity contribution in [3.63, 3.8) is 0 Å². The van der Waals surface area contributed by atoms with Crippen molar-refractivity contribution in [3.05, 3.63) is 17.7 Å². The van der Waals surface area contributed by atoms with E-state index in [-0.39, 0.29) is 12.5 Å². The van der Waals surface area contributed by atoms with Crippen LogP contribution < -0.4 is 0 Å². The summed E-state index contributed by atoms with van der Waals surface area (Å²) in [6.45, 7) is 3.99. The smallest absolute Gasteiger partial charge is 0.325 e. The number of nitrogens with zero attached hydrogens (tertiary/aromatic N) is 2. The number of ether oxygens (including phenoxy) is 1. The lowest BCUT2D eigenvalue weighted by molar-refractivity contribution is -0.141. The number of aryl methyl sites for hydroxylation is 2. The molecule has 1 rings (SSSR count). The molecule has 0 atom stereocenters. The van der Waals surface area contributed by atoms with Crippen molar-refractivity contribution < 1.29 is 9.53 Å². The van der Waals surface area contributed by atoms with Crippen LogP contribution in [0.4, 0.5) is 0 Å². The number of esters is 1. The van der Waals surface area contributed by atoms with Crippen LogP contribution in [0.3, 0.4) is 0 Å². The molecule has 0 spiro atoms. The third-order valence-corrected chi connectivity index (χ3v) is 1.62. The molecule has 4 heteroatoms. The van der Waals surface area contributed by atoms with Crippen molar-refractivity contribution in [2.24, 2.45) is 0 Å². The monoisotopic (exact) mass is 168 g/mol. The van der Waals surface area contributed by atoms with E-state index in [4.69, 9.17) is 0 Å². The Kier molecular flexibility index (Phi) is 2.47. The molecule has 0 aliphatic carbocycles. The van der Waals surface area contributed by atoms with Gasteiger partial charge in [-0.1, -0.05) is 0 Å². The zero-order valence-electron chi connectivity index (χ0n) is 7.50. The summed E-state index contributed by atoms with van der Waals surface area (Å²) in [6, 6.07) is 0. The second-order valence-corrected chi connectivity index (χ2v) is 2.63. The summed E-state index contributed by atoms with van der Waals surface area (Å²) in [5.74, 6) is 0.577. The Morgan fingerprint density at radius 3 is 2.75 bits per heavy atom. The van der Waals surface area contributed by atoms with Crippen molar-refractivity contribution in [2.75, 3.05) is 7.11 Å². The number of carbonyl (C=O) groups is 1. The molecule has 0 saturated heterocycles. The first-order valence-corrected chi connectivity index (χ1v) is 3.70. The molecule has 0 amide bonds. The number of carbonyl (C=O) groups excluding carboxylic acids is 1. The average molecular weight is 168 g/mol. The van der Waals surface area contributed by atoms with Crippen molar-refractivity contribution in [1.29, 1.82) is 0 Å². The molecule has 0 radical (unpaired) electrons. The van der Waals surface area contributed by atoms with Crippen LogP contribution in [0.2, 0.25) is 0 Å². The zero-order valence-corrected chi connectivity index (χ0v) is 7.50. The predicted octanol–water partition coefficient (Wildman–Crippen LogP) is 0.673. The van der Waals surface area contributed by atoms with Gasteiger partial charge >= 0.3 is 5.97 Å². The van der Waals surface area contributed by atoms with E-state index in [1.54, 1.807) is 4.57 Å². The summed E-state index contributed by atoms with van der Waals surface area (Å²) < 4.78 is 6.30. The highest BCUT2D eigenvalue weighted by Gasteiger charge is 2.05. The van der Waals surface area contributed by atoms with Crippen molar-refractivity contribution in [3.8, 4) is 0 Å². The molecule has 0 fully saturated rings. The molecule has 66 valence electrons. The number of aromatic nitrogens is 2. The minimum absolute atomic E-state index is 0.239. The normalized spacial score (nSPS) is 9.92. The second kappa shape index (κ2) is 3.38. The number of rotatable bonds is 2. The van der Waals surface area contributed by atoms with Gasteiger partial charge < -0.3 is 9.30 Å². The number of methoxy groups -OCH3 is 1. The van der Waals surface area contributed by atoms with Gasteiger partial charge in [-0.25, -0.2) is 4.98 Å². The van der Waals surface area contributed by atoms with Gasteiger partial charge in [-0.15, -0.1) is 0 Å². The van der Waals surface area contributed by atoms with Gasteiger partial charge in [0.1, 0.15) is 12.4 Å². The van der Waals surface area contributed by atoms with Gasteiger partial charge in [0.2, 0.25) is 0 Å². The summed E-state index contributed by atoms with van der Waals surface area (Å²) in [5.41, 5.74) is 0.913. The van der Waals surface area contributed by atoms with E-state index >= 15 is 0 Å². The van der Waals surface area contributed by atoms with Crippen LogP contribution in [-0.2, 0) is 16.1 Å². The van der Waals surface area contributed by atoms with Crippen molar-refractivity contribution in [2.45, 2.75) is 20.4 Å². The molecule has 12 heavy (non-hydrogen) atoms.